The summed E-state index contributed by atoms with van der Waals surface area (Å²) < 4.78 is 5.00. The van der Waals surface area contributed by atoms with Crippen LogP contribution < -0.4 is 0 Å². The molecule has 0 fully saturated rings. The van der Waals surface area contributed by atoms with Crippen molar-refractivity contribution >= 4 is 5.97 Å². The molecule has 0 saturated heterocycles. The van der Waals surface area contributed by atoms with Crippen molar-refractivity contribution in [2.45, 2.75) is 86.5 Å². The number of esters is 1. The number of aliphatic hydroxyl groups is 1. The van der Waals surface area contributed by atoms with E-state index in [1.54, 1.807) is 0 Å². The predicted molar refractivity (Wildman–Crippen MR) is 122 cm³/mol. The van der Waals surface area contributed by atoms with Crippen molar-refractivity contribution in [2.24, 2.45) is 11.8 Å². The van der Waals surface area contributed by atoms with E-state index in [0.717, 1.165) is 25.7 Å². The van der Waals surface area contributed by atoms with Gasteiger partial charge in [-0.25, -0.2) is 0 Å². The quantitative estimate of drug-likeness (QED) is 0.266. The van der Waals surface area contributed by atoms with Gasteiger partial charge in [-0.1, -0.05) is 91.8 Å². The summed E-state index contributed by atoms with van der Waals surface area (Å²) in [5, 5.41) is 8.63. The molecule has 0 radical (unpaired) electrons. The molecule has 0 bridgehead atoms. The maximum absolute atomic E-state index is 11.0. The summed E-state index contributed by atoms with van der Waals surface area (Å²) in [5.41, 5.74) is 1.45. The number of carbonyl (C=O) groups is 1. The van der Waals surface area contributed by atoms with Crippen molar-refractivity contribution in [3.63, 3.8) is 0 Å². The Morgan fingerprint density at radius 3 is 1.86 bits per heavy atom. The van der Waals surface area contributed by atoms with Crippen LogP contribution in [0.4, 0.5) is 0 Å². The molecule has 3 atom stereocenters. The lowest BCUT2D eigenvalue weighted by atomic mass is 9.99. The van der Waals surface area contributed by atoms with Crippen LogP contribution in [-0.4, -0.2) is 17.7 Å². The predicted octanol–water partition coefficient (Wildman–Crippen LogP) is 7.68. The second-order valence-electron chi connectivity index (χ2n) is 7.35. The number of benzene rings is 1. The molecule has 28 heavy (non-hydrogen) atoms. The molecule has 3 nitrogen and oxygen atoms in total. The SMILES string of the molecule is C=C(O)C(C)CC.CCC(C)c1ccccc1.CCCCOC(=O)C(C)CC. The molecule has 0 heterocycles. The lowest BCUT2D eigenvalue weighted by Gasteiger charge is -2.07. The van der Waals surface area contributed by atoms with E-state index in [1.165, 1.54) is 12.0 Å². The standard InChI is InChI=1S/C10H14.C9H18O2.C6H12O/c1-3-9(2)10-7-5-4-6-8-10;1-4-6-7-11-9(10)8(3)5-2;1-4-5(2)6(3)7/h4-9H,3H2,1-2H3;8H,4-7H2,1-3H3;5,7H,3-4H2,1-2H3. The normalized spacial score (nSPS) is 13.0. The number of carbonyl (C=O) groups excluding carboxylic acids is 1. The Balaban J connectivity index is 0. The number of ether oxygens (including phenoxy) is 1. The number of hydrogen-bond acceptors (Lipinski definition) is 3. The zero-order chi connectivity index (χ0) is 21.9. The Morgan fingerprint density at radius 2 is 1.50 bits per heavy atom. The van der Waals surface area contributed by atoms with Crippen molar-refractivity contribution in [3.8, 4) is 0 Å². The summed E-state index contributed by atoms with van der Waals surface area (Å²) in [5.74, 6) is 1.27. The summed E-state index contributed by atoms with van der Waals surface area (Å²) in [4.78, 5) is 11.0. The minimum absolute atomic E-state index is 0.0547. The van der Waals surface area contributed by atoms with E-state index >= 15 is 0 Å². The maximum atomic E-state index is 11.0. The van der Waals surface area contributed by atoms with Crippen molar-refractivity contribution < 1.29 is 14.6 Å². The van der Waals surface area contributed by atoms with E-state index < -0.39 is 0 Å². The topological polar surface area (TPSA) is 46.5 Å². The van der Waals surface area contributed by atoms with Crippen molar-refractivity contribution in [1.82, 2.24) is 0 Å². The molecule has 0 aliphatic rings. The molecule has 1 aromatic rings. The van der Waals surface area contributed by atoms with Crippen LogP contribution in [0.5, 0.6) is 0 Å². The second-order valence-corrected chi connectivity index (χ2v) is 7.35. The Morgan fingerprint density at radius 1 is 0.964 bits per heavy atom. The third-order valence-corrected chi connectivity index (χ3v) is 4.92. The van der Waals surface area contributed by atoms with Crippen LogP contribution in [-0.2, 0) is 9.53 Å². The van der Waals surface area contributed by atoms with Crippen LogP contribution >= 0.6 is 0 Å². The molecular formula is C25H44O3. The molecule has 1 N–H and O–H groups in total. The molecule has 0 amide bonds. The number of hydrogen-bond donors (Lipinski definition) is 1. The van der Waals surface area contributed by atoms with E-state index in [-0.39, 0.29) is 17.8 Å². The summed E-state index contributed by atoms with van der Waals surface area (Å²) in [7, 11) is 0. The van der Waals surface area contributed by atoms with Gasteiger partial charge in [-0.05, 0) is 37.2 Å². The first kappa shape index (κ1) is 28.4. The first-order valence-electron chi connectivity index (χ1n) is 10.8. The van der Waals surface area contributed by atoms with E-state index in [0.29, 0.717) is 18.3 Å². The van der Waals surface area contributed by atoms with Crippen LogP contribution in [0.2, 0.25) is 0 Å². The van der Waals surface area contributed by atoms with Gasteiger partial charge in [-0.15, -0.1) is 0 Å². The molecule has 0 spiro atoms. The molecule has 0 aromatic heterocycles. The summed E-state index contributed by atoms with van der Waals surface area (Å²) in [6.45, 7) is 18.4. The highest BCUT2D eigenvalue weighted by atomic mass is 16.5. The molecule has 162 valence electrons. The summed E-state index contributed by atoms with van der Waals surface area (Å²) >= 11 is 0. The highest BCUT2D eigenvalue weighted by Crippen LogP contribution is 2.16. The first-order chi connectivity index (χ1) is 13.2. The zero-order valence-corrected chi connectivity index (χ0v) is 19.3. The van der Waals surface area contributed by atoms with Gasteiger partial charge in [0, 0.05) is 5.92 Å². The average molecular weight is 393 g/mol. The van der Waals surface area contributed by atoms with E-state index in [1.807, 2.05) is 27.7 Å². The molecule has 3 heteroatoms. The molecule has 1 rings (SSSR count). The van der Waals surface area contributed by atoms with Crippen molar-refractivity contribution in [2.75, 3.05) is 6.61 Å². The molecule has 0 aliphatic carbocycles. The van der Waals surface area contributed by atoms with Gasteiger partial charge in [0.1, 0.15) is 0 Å². The lowest BCUT2D eigenvalue weighted by molar-refractivity contribution is -0.148. The van der Waals surface area contributed by atoms with Crippen molar-refractivity contribution in [3.05, 3.63) is 48.2 Å². The van der Waals surface area contributed by atoms with Crippen LogP contribution in [0.1, 0.15) is 92.1 Å². The van der Waals surface area contributed by atoms with E-state index in [2.05, 4.69) is 57.7 Å². The van der Waals surface area contributed by atoms with Gasteiger partial charge in [-0.2, -0.15) is 0 Å². The van der Waals surface area contributed by atoms with Gasteiger partial charge in [0.2, 0.25) is 0 Å². The highest BCUT2D eigenvalue weighted by Gasteiger charge is 2.10. The minimum Gasteiger partial charge on any atom is -0.513 e. The second kappa shape index (κ2) is 18.6. The Kier molecular flexibility index (Phi) is 18.9. The molecule has 0 aliphatic heterocycles. The van der Waals surface area contributed by atoms with Gasteiger partial charge in [0.25, 0.3) is 0 Å². The largest absolute Gasteiger partial charge is 0.513 e. The van der Waals surface area contributed by atoms with Gasteiger partial charge < -0.3 is 9.84 Å². The fourth-order valence-electron chi connectivity index (χ4n) is 1.88. The van der Waals surface area contributed by atoms with Gasteiger partial charge in [-0.3, -0.25) is 4.79 Å². The lowest BCUT2D eigenvalue weighted by Crippen LogP contribution is -2.14. The third-order valence-electron chi connectivity index (χ3n) is 4.92. The van der Waals surface area contributed by atoms with Crippen LogP contribution in [0, 0.1) is 11.8 Å². The first-order valence-corrected chi connectivity index (χ1v) is 10.8. The minimum atomic E-state index is -0.0547. The maximum Gasteiger partial charge on any atom is 0.308 e. The van der Waals surface area contributed by atoms with Gasteiger partial charge >= 0.3 is 5.97 Å². The monoisotopic (exact) mass is 392 g/mol. The van der Waals surface area contributed by atoms with E-state index in [4.69, 9.17) is 9.84 Å². The fraction of sp³-hybridized carbons (Fsp3) is 0.640. The molecule has 0 saturated carbocycles. The molecule has 3 unspecified atom stereocenters. The zero-order valence-electron chi connectivity index (χ0n) is 19.3. The number of allylic oxidation sites excluding steroid dienone is 1. The van der Waals surface area contributed by atoms with Gasteiger partial charge in [0.05, 0.1) is 18.3 Å². The summed E-state index contributed by atoms with van der Waals surface area (Å²) in [6.07, 6.45) is 5.11. The Bertz CT molecular complexity index is 496. The van der Waals surface area contributed by atoms with Gasteiger partial charge in [0.15, 0.2) is 0 Å². The fourth-order valence-corrected chi connectivity index (χ4v) is 1.88. The Labute approximate surface area is 174 Å². The number of aliphatic hydroxyl groups excluding tert-OH is 1. The van der Waals surface area contributed by atoms with Crippen LogP contribution in [0.3, 0.4) is 0 Å². The smallest absolute Gasteiger partial charge is 0.308 e. The molecular weight excluding hydrogens is 348 g/mol. The third kappa shape index (κ3) is 15.3. The van der Waals surface area contributed by atoms with Crippen LogP contribution in [0.15, 0.2) is 42.7 Å². The van der Waals surface area contributed by atoms with Crippen LogP contribution in [0.25, 0.3) is 0 Å². The highest BCUT2D eigenvalue weighted by molar-refractivity contribution is 5.71. The molecule has 1 aromatic carbocycles. The number of rotatable bonds is 9. The average Bonchev–Trinajstić information content (AvgIpc) is 2.73. The number of unbranched alkanes of at least 4 members (excludes halogenated alkanes) is 1. The van der Waals surface area contributed by atoms with Crippen molar-refractivity contribution in [1.29, 1.82) is 0 Å². The summed E-state index contributed by atoms with van der Waals surface area (Å²) in [6, 6.07) is 10.6. The Hall–Kier alpha value is -1.77. The van der Waals surface area contributed by atoms with E-state index in [9.17, 15) is 4.79 Å².